The first-order valence-electron chi connectivity index (χ1n) is 5.48. The summed E-state index contributed by atoms with van der Waals surface area (Å²) in [6.45, 7) is 1.50. The first-order chi connectivity index (χ1) is 8.58. The molecule has 1 heterocycles. The number of anilines is 1. The van der Waals surface area contributed by atoms with Gasteiger partial charge in [-0.05, 0) is 37.3 Å². The molecule has 18 heavy (non-hydrogen) atoms. The van der Waals surface area contributed by atoms with E-state index in [2.05, 4.69) is 10.4 Å². The minimum atomic E-state index is -0.231. The summed E-state index contributed by atoms with van der Waals surface area (Å²) in [4.78, 5) is 23.0. The lowest BCUT2D eigenvalue weighted by Crippen LogP contribution is -2.16. The van der Waals surface area contributed by atoms with Gasteiger partial charge in [0.2, 0.25) is 0 Å². The quantitative estimate of drug-likeness (QED) is 0.837. The number of benzene rings is 1. The van der Waals surface area contributed by atoms with Crippen molar-refractivity contribution in [1.29, 1.82) is 0 Å². The average Bonchev–Trinajstić information content (AvgIpc) is 2.76. The lowest BCUT2D eigenvalue weighted by molar-refractivity contribution is 0.101. The zero-order valence-corrected chi connectivity index (χ0v) is 10.2. The van der Waals surface area contributed by atoms with Gasteiger partial charge in [0.25, 0.3) is 5.91 Å². The summed E-state index contributed by atoms with van der Waals surface area (Å²) < 4.78 is 1.50. The van der Waals surface area contributed by atoms with Gasteiger partial charge in [-0.1, -0.05) is 0 Å². The fourth-order valence-corrected chi connectivity index (χ4v) is 1.58. The molecule has 0 atom stereocenters. The second-order valence-electron chi connectivity index (χ2n) is 3.93. The summed E-state index contributed by atoms with van der Waals surface area (Å²) in [5.74, 6) is -0.231. The van der Waals surface area contributed by atoms with Gasteiger partial charge in [0.15, 0.2) is 5.78 Å². The summed E-state index contributed by atoms with van der Waals surface area (Å²) in [6, 6.07) is 8.40. The molecule has 0 bridgehead atoms. The number of hydrogen-bond donors (Lipinski definition) is 1. The van der Waals surface area contributed by atoms with E-state index in [0.717, 1.165) is 0 Å². The normalized spacial score (nSPS) is 10.1. The molecule has 0 spiro atoms. The molecule has 0 radical (unpaired) electrons. The second-order valence-corrected chi connectivity index (χ2v) is 3.93. The van der Waals surface area contributed by atoms with Gasteiger partial charge >= 0.3 is 0 Å². The summed E-state index contributed by atoms with van der Waals surface area (Å²) in [5.41, 5.74) is 1.74. The van der Waals surface area contributed by atoms with Crippen molar-refractivity contribution in [1.82, 2.24) is 9.78 Å². The summed E-state index contributed by atoms with van der Waals surface area (Å²) in [7, 11) is 1.70. The summed E-state index contributed by atoms with van der Waals surface area (Å²) in [5, 5.41) is 6.67. The van der Waals surface area contributed by atoms with Crippen molar-refractivity contribution in [3.63, 3.8) is 0 Å². The highest BCUT2D eigenvalue weighted by atomic mass is 16.2. The van der Waals surface area contributed by atoms with Gasteiger partial charge in [0.1, 0.15) is 5.69 Å². The smallest absolute Gasteiger partial charge is 0.273 e. The van der Waals surface area contributed by atoms with Gasteiger partial charge < -0.3 is 5.32 Å². The van der Waals surface area contributed by atoms with Gasteiger partial charge in [-0.25, -0.2) is 0 Å². The van der Waals surface area contributed by atoms with E-state index in [0.29, 0.717) is 16.9 Å². The van der Waals surface area contributed by atoms with Crippen molar-refractivity contribution in [3.8, 4) is 0 Å². The number of ketones is 1. The number of amides is 1. The van der Waals surface area contributed by atoms with E-state index in [4.69, 9.17) is 0 Å². The SMILES string of the molecule is CC(=O)c1ccc(NC(=O)c2ccnn2C)cc1. The minimum Gasteiger partial charge on any atom is -0.321 e. The Kier molecular flexibility index (Phi) is 3.23. The molecule has 1 amide bonds. The topological polar surface area (TPSA) is 64.0 Å². The van der Waals surface area contributed by atoms with Crippen LogP contribution in [0.2, 0.25) is 0 Å². The lowest BCUT2D eigenvalue weighted by atomic mass is 10.1. The Morgan fingerprint density at radius 3 is 2.33 bits per heavy atom. The molecule has 0 saturated heterocycles. The van der Waals surface area contributed by atoms with Crippen LogP contribution in [0, 0.1) is 0 Å². The largest absolute Gasteiger partial charge is 0.321 e. The Morgan fingerprint density at radius 2 is 1.83 bits per heavy atom. The van der Waals surface area contributed by atoms with E-state index in [1.54, 1.807) is 43.6 Å². The lowest BCUT2D eigenvalue weighted by Gasteiger charge is -2.05. The van der Waals surface area contributed by atoms with Crippen LogP contribution in [-0.2, 0) is 7.05 Å². The van der Waals surface area contributed by atoms with Crippen LogP contribution in [0.3, 0.4) is 0 Å². The average molecular weight is 243 g/mol. The molecule has 0 aliphatic rings. The molecule has 2 aromatic rings. The zero-order valence-electron chi connectivity index (χ0n) is 10.2. The fraction of sp³-hybridized carbons (Fsp3) is 0.154. The van der Waals surface area contributed by atoms with Crippen LogP contribution in [0.15, 0.2) is 36.5 Å². The molecule has 92 valence electrons. The molecular formula is C13H13N3O2. The standard InChI is InChI=1S/C13H13N3O2/c1-9(17)10-3-5-11(6-4-10)15-13(18)12-7-8-14-16(12)2/h3-8H,1-2H3,(H,15,18). The van der Waals surface area contributed by atoms with Gasteiger partial charge in [-0.15, -0.1) is 0 Å². The molecule has 2 rings (SSSR count). The predicted octanol–water partition coefficient (Wildman–Crippen LogP) is 1.88. The van der Waals surface area contributed by atoms with Gasteiger partial charge in [0, 0.05) is 24.5 Å². The maximum atomic E-state index is 11.9. The monoisotopic (exact) mass is 243 g/mol. The Hall–Kier alpha value is -2.43. The molecule has 0 fully saturated rings. The highest BCUT2D eigenvalue weighted by molar-refractivity contribution is 6.03. The maximum absolute atomic E-state index is 11.9. The highest BCUT2D eigenvalue weighted by Crippen LogP contribution is 2.11. The van der Waals surface area contributed by atoms with Crippen LogP contribution in [0.5, 0.6) is 0 Å². The van der Waals surface area contributed by atoms with E-state index in [9.17, 15) is 9.59 Å². The number of aromatic nitrogens is 2. The number of nitrogens with zero attached hydrogens (tertiary/aromatic N) is 2. The molecular weight excluding hydrogens is 230 g/mol. The van der Waals surface area contributed by atoms with E-state index >= 15 is 0 Å². The van der Waals surface area contributed by atoms with E-state index in [1.807, 2.05) is 0 Å². The van der Waals surface area contributed by atoms with E-state index in [1.165, 1.54) is 11.6 Å². The Labute approximate surface area is 104 Å². The number of rotatable bonds is 3. The zero-order chi connectivity index (χ0) is 13.1. The van der Waals surface area contributed by atoms with Crippen molar-refractivity contribution in [2.45, 2.75) is 6.92 Å². The van der Waals surface area contributed by atoms with Crippen LogP contribution in [0.1, 0.15) is 27.8 Å². The molecule has 5 nitrogen and oxygen atoms in total. The maximum Gasteiger partial charge on any atom is 0.273 e. The molecule has 1 aromatic carbocycles. The molecule has 0 aliphatic heterocycles. The minimum absolute atomic E-state index is 0.000453. The van der Waals surface area contributed by atoms with Gasteiger partial charge in [-0.2, -0.15) is 5.10 Å². The van der Waals surface area contributed by atoms with Crippen LogP contribution in [-0.4, -0.2) is 21.5 Å². The summed E-state index contributed by atoms with van der Waals surface area (Å²) in [6.07, 6.45) is 1.56. The van der Waals surface area contributed by atoms with Crippen LogP contribution < -0.4 is 5.32 Å². The number of carbonyl (C=O) groups is 2. The van der Waals surface area contributed by atoms with Gasteiger partial charge in [-0.3, -0.25) is 14.3 Å². The predicted molar refractivity (Wildman–Crippen MR) is 67.6 cm³/mol. The molecule has 5 heteroatoms. The van der Waals surface area contributed by atoms with Crippen molar-refractivity contribution >= 4 is 17.4 Å². The van der Waals surface area contributed by atoms with Gasteiger partial charge in [0.05, 0.1) is 0 Å². The third-order valence-electron chi connectivity index (χ3n) is 2.60. The third kappa shape index (κ3) is 2.45. The number of nitrogens with one attached hydrogen (secondary N) is 1. The van der Waals surface area contributed by atoms with E-state index in [-0.39, 0.29) is 11.7 Å². The number of aryl methyl sites for hydroxylation is 1. The van der Waals surface area contributed by atoms with Crippen molar-refractivity contribution < 1.29 is 9.59 Å². The number of hydrogen-bond acceptors (Lipinski definition) is 3. The molecule has 0 unspecified atom stereocenters. The van der Waals surface area contributed by atoms with Crippen LogP contribution in [0.25, 0.3) is 0 Å². The fourth-order valence-electron chi connectivity index (χ4n) is 1.58. The van der Waals surface area contributed by atoms with Crippen molar-refractivity contribution in [2.75, 3.05) is 5.32 Å². The van der Waals surface area contributed by atoms with E-state index < -0.39 is 0 Å². The molecule has 1 aromatic heterocycles. The van der Waals surface area contributed by atoms with Crippen molar-refractivity contribution in [2.24, 2.45) is 7.05 Å². The molecule has 0 saturated carbocycles. The molecule has 1 N–H and O–H groups in total. The highest BCUT2D eigenvalue weighted by Gasteiger charge is 2.09. The third-order valence-corrected chi connectivity index (χ3v) is 2.60. The first-order valence-corrected chi connectivity index (χ1v) is 5.48. The van der Waals surface area contributed by atoms with Crippen LogP contribution in [0.4, 0.5) is 5.69 Å². The van der Waals surface area contributed by atoms with Crippen LogP contribution >= 0.6 is 0 Å². The number of carbonyl (C=O) groups excluding carboxylic acids is 2. The Bertz CT molecular complexity index is 585. The second kappa shape index (κ2) is 4.83. The first kappa shape index (κ1) is 12.0. The number of Topliss-reactive ketones (excluding diaryl/α,β-unsaturated/α-hetero) is 1. The van der Waals surface area contributed by atoms with Crippen molar-refractivity contribution in [3.05, 3.63) is 47.8 Å². The summed E-state index contributed by atoms with van der Waals surface area (Å²) >= 11 is 0. The molecule has 0 aliphatic carbocycles. The Balaban J connectivity index is 2.13. The Morgan fingerprint density at radius 1 is 1.17 bits per heavy atom.